The average molecular weight is 306 g/mol. The van der Waals surface area contributed by atoms with Crippen LogP contribution in [0.1, 0.15) is 33.4 Å². The van der Waals surface area contributed by atoms with Gasteiger partial charge in [-0.15, -0.1) is 0 Å². The van der Waals surface area contributed by atoms with Crippen LogP contribution in [0, 0.1) is 13.8 Å². The molecule has 4 rings (SSSR count). The van der Waals surface area contributed by atoms with Crippen LogP contribution >= 0.6 is 0 Å². The van der Waals surface area contributed by atoms with Gasteiger partial charge in [-0.05, 0) is 43.7 Å². The lowest BCUT2D eigenvalue weighted by molar-refractivity contribution is 0.0590. The second-order valence-electron chi connectivity index (χ2n) is 6.14. The lowest BCUT2D eigenvalue weighted by atomic mass is 9.95. The van der Waals surface area contributed by atoms with Crippen LogP contribution in [0.25, 0.3) is 5.65 Å². The fourth-order valence-electron chi connectivity index (χ4n) is 3.12. The number of imidazole rings is 1. The van der Waals surface area contributed by atoms with E-state index in [4.69, 9.17) is 0 Å². The third-order valence-electron chi connectivity index (χ3n) is 4.43. The van der Waals surface area contributed by atoms with E-state index in [2.05, 4.69) is 9.97 Å². The van der Waals surface area contributed by atoms with Crippen LogP contribution in [0.15, 0.2) is 42.7 Å². The quantitative estimate of drug-likeness (QED) is 0.731. The fourth-order valence-corrected chi connectivity index (χ4v) is 3.12. The van der Waals surface area contributed by atoms with E-state index in [0.29, 0.717) is 24.7 Å². The minimum Gasteiger partial charge on any atom is -0.336 e. The van der Waals surface area contributed by atoms with E-state index < -0.39 is 0 Å². The summed E-state index contributed by atoms with van der Waals surface area (Å²) in [5.74, 6) is 0.382. The molecule has 0 N–H and O–H groups in total. The molecule has 0 bridgehead atoms. The van der Waals surface area contributed by atoms with Crippen molar-refractivity contribution in [3.8, 4) is 0 Å². The van der Waals surface area contributed by atoms with E-state index in [-0.39, 0.29) is 5.91 Å². The molecular formula is C18H18N4O. The zero-order valence-electron chi connectivity index (χ0n) is 13.2. The van der Waals surface area contributed by atoms with Crippen molar-refractivity contribution in [3.05, 3.63) is 65.4 Å². The first-order valence-electron chi connectivity index (χ1n) is 7.79. The number of aromatic nitrogens is 3. The molecule has 0 atom stereocenters. The van der Waals surface area contributed by atoms with Crippen LogP contribution < -0.4 is 0 Å². The van der Waals surface area contributed by atoms with Crippen molar-refractivity contribution in [2.75, 3.05) is 13.1 Å². The Morgan fingerprint density at radius 2 is 2.04 bits per heavy atom. The summed E-state index contributed by atoms with van der Waals surface area (Å²) in [5.41, 5.74) is 4.47. The standard InChI is InChI=1S/C18H18N4O/c1-12-6-8-22-16(9-12)20-13(2)17(22)18(23)21-10-14(11-21)15-5-3-4-7-19-15/h3-9,14H,10-11H2,1-2H3. The van der Waals surface area contributed by atoms with Crippen molar-refractivity contribution in [3.63, 3.8) is 0 Å². The third-order valence-corrected chi connectivity index (χ3v) is 4.43. The molecule has 116 valence electrons. The molecule has 1 saturated heterocycles. The molecule has 0 aromatic carbocycles. The number of fused-ring (bicyclic) bond motifs is 1. The average Bonchev–Trinajstić information content (AvgIpc) is 2.81. The summed E-state index contributed by atoms with van der Waals surface area (Å²) in [6, 6.07) is 9.92. The number of nitrogens with zero attached hydrogens (tertiary/aromatic N) is 4. The Morgan fingerprint density at radius 1 is 1.22 bits per heavy atom. The van der Waals surface area contributed by atoms with Crippen molar-refractivity contribution in [2.24, 2.45) is 0 Å². The fraction of sp³-hybridized carbons (Fsp3) is 0.278. The van der Waals surface area contributed by atoms with E-state index in [1.54, 1.807) is 6.20 Å². The van der Waals surface area contributed by atoms with Gasteiger partial charge in [0.2, 0.25) is 0 Å². The molecule has 3 aromatic rings. The summed E-state index contributed by atoms with van der Waals surface area (Å²) >= 11 is 0. The van der Waals surface area contributed by atoms with Gasteiger partial charge in [-0.25, -0.2) is 4.98 Å². The number of hydrogen-bond donors (Lipinski definition) is 0. The number of aryl methyl sites for hydroxylation is 2. The van der Waals surface area contributed by atoms with Crippen LogP contribution in [0.5, 0.6) is 0 Å². The lowest BCUT2D eigenvalue weighted by Crippen LogP contribution is -2.49. The smallest absolute Gasteiger partial charge is 0.272 e. The summed E-state index contributed by atoms with van der Waals surface area (Å²) in [5, 5.41) is 0. The molecule has 5 heteroatoms. The van der Waals surface area contributed by atoms with Crippen molar-refractivity contribution in [1.29, 1.82) is 0 Å². The Morgan fingerprint density at radius 3 is 2.78 bits per heavy atom. The molecule has 23 heavy (non-hydrogen) atoms. The largest absolute Gasteiger partial charge is 0.336 e. The Kier molecular flexibility index (Phi) is 3.15. The maximum Gasteiger partial charge on any atom is 0.272 e. The molecule has 0 aliphatic carbocycles. The van der Waals surface area contributed by atoms with Gasteiger partial charge in [0.25, 0.3) is 5.91 Å². The van der Waals surface area contributed by atoms with Crippen LogP contribution in [0.2, 0.25) is 0 Å². The number of carbonyl (C=O) groups excluding carboxylic acids is 1. The summed E-state index contributed by atoms with van der Waals surface area (Å²) < 4.78 is 1.89. The molecule has 0 spiro atoms. The van der Waals surface area contributed by atoms with Crippen LogP contribution in [0.4, 0.5) is 0 Å². The SMILES string of the molecule is Cc1ccn2c(C(=O)N3CC(c4ccccn4)C3)c(C)nc2c1. The monoisotopic (exact) mass is 306 g/mol. The number of likely N-dealkylation sites (tertiary alicyclic amines) is 1. The Hall–Kier alpha value is -2.69. The van der Waals surface area contributed by atoms with Crippen molar-refractivity contribution >= 4 is 11.6 Å². The number of carbonyl (C=O) groups is 1. The molecular weight excluding hydrogens is 288 g/mol. The molecule has 0 saturated carbocycles. The topological polar surface area (TPSA) is 50.5 Å². The highest BCUT2D eigenvalue weighted by Gasteiger charge is 2.34. The molecule has 0 radical (unpaired) electrons. The minimum atomic E-state index is 0.0473. The maximum absolute atomic E-state index is 12.8. The highest BCUT2D eigenvalue weighted by atomic mass is 16.2. The van der Waals surface area contributed by atoms with E-state index in [1.165, 1.54) is 0 Å². The number of pyridine rings is 2. The first-order chi connectivity index (χ1) is 11.1. The van der Waals surface area contributed by atoms with Gasteiger partial charge < -0.3 is 4.90 Å². The molecule has 4 heterocycles. The highest BCUT2D eigenvalue weighted by molar-refractivity contribution is 5.95. The predicted octanol–water partition coefficient (Wildman–Crippen LogP) is 2.59. The van der Waals surface area contributed by atoms with Crippen LogP contribution in [-0.2, 0) is 0 Å². The molecule has 3 aromatic heterocycles. The van der Waals surface area contributed by atoms with Crippen LogP contribution in [0.3, 0.4) is 0 Å². The highest BCUT2D eigenvalue weighted by Crippen LogP contribution is 2.27. The van der Waals surface area contributed by atoms with Crippen molar-refractivity contribution in [1.82, 2.24) is 19.3 Å². The Labute approximate surface area is 134 Å². The zero-order chi connectivity index (χ0) is 16.0. The zero-order valence-corrected chi connectivity index (χ0v) is 13.2. The van der Waals surface area contributed by atoms with E-state index in [1.807, 2.05) is 59.7 Å². The van der Waals surface area contributed by atoms with Crippen molar-refractivity contribution in [2.45, 2.75) is 19.8 Å². The van der Waals surface area contributed by atoms with Gasteiger partial charge in [0.1, 0.15) is 11.3 Å². The second kappa shape index (κ2) is 5.19. The van der Waals surface area contributed by atoms with Gasteiger partial charge in [0.05, 0.1) is 5.69 Å². The van der Waals surface area contributed by atoms with Gasteiger partial charge in [0.15, 0.2) is 0 Å². The van der Waals surface area contributed by atoms with Crippen molar-refractivity contribution < 1.29 is 4.79 Å². The normalized spacial score (nSPS) is 15.0. The molecule has 5 nitrogen and oxygen atoms in total. The van der Waals surface area contributed by atoms with E-state index in [0.717, 1.165) is 22.6 Å². The molecule has 1 aliphatic rings. The van der Waals surface area contributed by atoms with Gasteiger partial charge in [-0.2, -0.15) is 0 Å². The van der Waals surface area contributed by atoms with Gasteiger partial charge in [-0.1, -0.05) is 6.07 Å². The summed E-state index contributed by atoms with van der Waals surface area (Å²) in [6.07, 6.45) is 3.73. The maximum atomic E-state index is 12.8. The minimum absolute atomic E-state index is 0.0473. The lowest BCUT2D eigenvalue weighted by Gasteiger charge is -2.38. The third kappa shape index (κ3) is 2.29. The van der Waals surface area contributed by atoms with Gasteiger partial charge in [0, 0.05) is 37.1 Å². The number of rotatable bonds is 2. The molecule has 1 aliphatic heterocycles. The first kappa shape index (κ1) is 13.9. The molecule has 0 unspecified atom stereocenters. The molecule has 1 fully saturated rings. The van der Waals surface area contributed by atoms with E-state index >= 15 is 0 Å². The summed E-state index contributed by atoms with van der Waals surface area (Å²) in [7, 11) is 0. The number of hydrogen-bond acceptors (Lipinski definition) is 3. The second-order valence-corrected chi connectivity index (χ2v) is 6.14. The Bertz CT molecular complexity index is 879. The number of amides is 1. The first-order valence-corrected chi connectivity index (χ1v) is 7.79. The molecule has 1 amide bonds. The summed E-state index contributed by atoms with van der Waals surface area (Å²) in [6.45, 7) is 5.35. The van der Waals surface area contributed by atoms with Crippen LogP contribution in [-0.4, -0.2) is 38.3 Å². The predicted molar refractivity (Wildman–Crippen MR) is 87.5 cm³/mol. The Balaban J connectivity index is 1.58. The summed E-state index contributed by atoms with van der Waals surface area (Å²) in [4.78, 5) is 23.6. The van der Waals surface area contributed by atoms with E-state index in [9.17, 15) is 4.79 Å². The van der Waals surface area contributed by atoms with Gasteiger partial charge >= 0.3 is 0 Å². The van der Waals surface area contributed by atoms with Gasteiger partial charge in [-0.3, -0.25) is 14.2 Å².